The van der Waals surface area contributed by atoms with Crippen LogP contribution in [0.2, 0.25) is 0 Å². The maximum Gasteiger partial charge on any atom is 0.297 e. The first kappa shape index (κ1) is 23.9. The van der Waals surface area contributed by atoms with E-state index in [1.807, 2.05) is 13.0 Å². The molecule has 2 fully saturated rings. The second-order valence-electron chi connectivity index (χ2n) is 10.3. The number of pyridine rings is 1. The summed E-state index contributed by atoms with van der Waals surface area (Å²) in [5.41, 5.74) is -4.48. The van der Waals surface area contributed by atoms with Crippen LogP contribution in [0.15, 0.2) is 23.1 Å². The zero-order valence-corrected chi connectivity index (χ0v) is 18.8. The summed E-state index contributed by atoms with van der Waals surface area (Å²) < 4.78 is 0.119. The van der Waals surface area contributed by atoms with Gasteiger partial charge in [0.05, 0.1) is 12.3 Å². The van der Waals surface area contributed by atoms with E-state index in [9.17, 15) is 40.3 Å². The molecule has 33 heavy (non-hydrogen) atoms. The van der Waals surface area contributed by atoms with Crippen LogP contribution in [0.5, 0.6) is 5.75 Å². The van der Waals surface area contributed by atoms with Gasteiger partial charge in [-0.2, -0.15) is 4.73 Å². The fraction of sp³-hybridized carbons (Fsp3) is 0.667. The van der Waals surface area contributed by atoms with Crippen molar-refractivity contribution in [1.82, 2.24) is 4.73 Å². The molecule has 0 aliphatic heterocycles. The second kappa shape index (κ2) is 8.54. The lowest BCUT2D eigenvalue weighted by molar-refractivity contribution is -0.191. The summed E-state index contributed by atoms with van der Waals surface area (Å²) in [5, 5.41) is 62.8. The summed E-state index contributed by atoms with van der Waals surface area (Å²) in [7, 11) is 0. The molecule has 2 saturated carbocycles. The Kier molecular flexibility index (Phi) is 6.20. The molecule has 1 aromatic heterocycles. The average molecular weight is 464 g/mol. The molecule has 3 aliphatic carbocycles. The minimum absolute atomic E-state index is 0.0105. The molecular weight excluding hydrogens is 430 g/mol. The topological polar surface area (TPSA) is 160 Å². The van der Waals surface area contributed by atoms with Gasteiger partial charge in [0.25, 0.3) is 5.56 Å². The lowest BCUT2D eigenvalue weighted by Gasteiger charge is -2.43. The molecule has 0 bridgehead atoms. The van der Waals surface area contributed by atoms with Crippen LogP contribution in [-0.2, 0) is 5.60 Å². The molecule has 0 spiro atoms. The second-order valence-corrected chi connectivity index (χ2v) is 10.3. The minimum atomic E-state index is -2.28. The van der Waals surface area contributed by atoms with Crippen molar-refractivity contribution in [3.05, 3.63) is 39.8 Å². The zero-order valence-electron chi connectivity index (χ0n) is 18.8. The highest BCUT2D eigenvalue weighted by Gasteiger charge is 2.51. The number of Topliss-reactive ketones (excluding diaryl/α,β-unsaturated/α-hetero) is 1. The molecule has 6 N–H and O–H groups in total. The molecule has 9 nitrogen and oxygen atoms in total. The predicted molar refractivity (Wildman–Crippen MR) is 117 cm³/mol. The number of aliphatic hydroxyl groups is 4. The van der Waals surface area contributed by atoms with Crippen LogP contribution in [0, 0.1) is 29.6 Å². The number of fused-ring (bicyclic) bond motifs is 1. The Morgan fingerprint density at radius 1 is 1.12 bits per heavy atom. The Labute approximate surface area is 191 Å². The molecule has 0 aromatic carbocycles. The molecule has 0 unspecified atom stereocenters. The molecule has 0 radical (unpaired) electrons. The Balaban J connectivity index is 1.79. The van der Waals surface area contributed by atoms with Gasteiger partial charge in [0.2, 0.25) is 0 Å². The van der Waals surface area contributed by atoms with Crippen molar-refractivity contribution in [2.24, 2.45) is 29.6 Å². The van der Waals surface area contributed by atoms with E-state index in [1.165, 1.54) is 0 Å². The lowest BCUT2D eigenvalue weighted by atomic mass is 9.61. The Morgan fingerprint density at radius 2 is 1.82 bits per heavy atom. The van der Waals surface area contributed by atoms with Gasteiger partial charge in [-0.05, 0) is 49.4 Å². The monoisotopic (exact) mass is 463 g/mol. The van der Waals surface area contributed by atoms with E-state index in [4.69, 9.17) is 0 Å². The Hall–Kier alpha value is -2.20. The van der Waals surface area contributed by atoms with Crippen LogP contribution >= 0.6 is 0 Å². The van der Waals surface area contributed by atoms with Crippen LogP contribution < -0.4 is 5.56 Å². The first-order valence-electron chi connectivity index (χ1n) is 11.6. The van der Waals surface area contributed by atoms with Crippen LogP contribution in [0.1, 0.15) is 61.9 Å². The maximum atomic E-state index is 13.7. The van der Waals surface area contributed by atoms with E-state index in [2.05, 4.69) is 13.0 Å². The quantitative estimate of drug-likeness (QED) is 0.219. The summed E-state index contributed by atoms with van der Waals surface area (Å²) in [6.07, 6.45) is 2.24. The summed E-state index contributed by atoms with van der Waals surface area (Å²) in [6, 6.07) is 0. The minimum Gasteiger partial charge on any atom is -0.507 e. The van der Waals surface area contributed by atoms with Crippen LogP contribution in [0.25, 0.3) is 0 Å². The Bertz CT molecular complexity index is 1020. The molecule has 9 heteroatoms. The van der Waals surface area contributed by atoms with Gasteiger partial charge in [-0.1, -0.05) is 32.4 Å². The van der Waals surface area contributed by atoms with Gasteiger partial charge in [-0.3, -0.25) is 9.59 Å². The third kappa shape index (κ3) is 3.80. The molecule has 4 rings (SSSR count). The number of hydrogen-bond donors (Lipinski definition) is 6. The molecule has 9 atom stereocenters. The average Bonchev–Trinajstić information content (AvgIpc) is 2.77. The molecule has 3 aliphatic rings. The summed E-state index contributed by atoms with van der Waals surface area (Å²) in [6.45, 7) is 4.04. The highest BCUT2D eigenvalue weighted by molar-refractivity contribution is 6.01. The number of carbonyl (C=O) groups is 1. The first-order chi connectivity index (χ1) is 15.5. The summed E-state index contributed by atoms with van der Waals surface area (Å²) >= 11 is 0. The van der Waals surface area contributed by atoms with Gasteiger partial charge in [-0.15, -0.1) is 0 Å². The Morgan fingerprint density at radius 3 is 2.52 bits per heavy atom. The van der Waals surface area contributed by atoms with E-state index in [0.29, 0.717) is 5.92 Å². The molecule has 0 amide bonds. The van der Waals surface area contributed by atoms with Crippen LogP contribution in [0.4, 0.5) is 0 Å². The van der Waals surface area contributed by atoms with Gasteiger partial charge in [0.1, 0.15) is 29.1 Å². The number of nitrogens with zero attached hydrogens (tertiary/aromatic N) is 1. The van der Waals surface area contributed by atoms with Crippen molar-refractivity contribution in [1.29, 1.82) is 0 Å². The van der Waals surface area contributed by atoms with Crippen LogP contribution in [-0.4, -0.2) is 59.6 Å². The number of aliphatic hydroxyl groups excluding tert-OH is 3. The third-order valence-electron chi connectivity index (χ3n) is 8.12. The van der Waals surface area contributed by atoms with E-state index < -0.39 is 58.0 Å². The van der Waals surface area contributed by atoms with Crippen molar-refractivity contribution < 1.29 is 35.5 Å². The van der Waals surface area contributed by atoms with E-state index in [1.54, 1.807) is 0 Å². The van der Waals surface area contributed by atoms with E-state index >= 15 is 0 Å². The van der Waals surface area contributed by atoms with E-state index in [0.717, 1.165) is 25.5 Å². The number of aromatic hydroxyl groups is 1. The van der Waals surface area contributed by atoms with Crippen LogP contribution in [0.3, 0.4) is 0 Å². The summed E-state index contributed by atoms with van der Waals surface area (Å²) in [4.78, 5) is 26.5. The standard InChI is InChI=1S/C24H33NO8/c1-11-3-6-14-13(9-11)5-4-12(2)17(14)21(29)18-19(27)15(10-25(33)23(18)31)24(32)8-7-16(26)20(28)22(24)30/h4-5,10-14,16-17,20,22,26-28,30,32-33H,3,6-9H2,1-2H3/t11-,12-,13-,14-,16+,17-,20+,22+,24-/m1/s1. The van der Waals surface area contributed by atoms with Gasteiger partial charge >= 0.3 is 0 Å². The normalized spacial score (nSPS) is 40.9. The van der Waals surface area contributed by atoms with Crippen molar-refractivity contribution in [3.8, 4) is 5.75 Å². The molecule has 1 heterocycles. The van der Waals surface area contributed by atoms with Gasteiger partial charge in [0, 0.05) is 11.5 Å². The van der Waals surface area contributed by atoms with Crippen molar-refractivity contribution in [2.75, 3.05) is 0 Å². The number of allylic oxidation sites excluding steroid dienone is 2. The van der Waals surface area contributed by atoms with Gasteiger partial charge < -0.3 is 30.7 Å². The number of rotatable bonds is 3. The first-order valence-corrected chi connectivity index (χ1v) is 11.6. The largest absolute Gasteiger partial charge is 0.507 e. The molecule has 0 saturated heterocycles. The number of hydrogen-bond acceptors (Lipinski definition) is 8. The molecular formula is C24H33NO8. The predicted octanol–water partition coefficient (Wildman–Crippen LogP) is 0.913. The lowest BCUT2D eigenvalue weighted by Crippen LogP contribution is -2.56. The SMILES string of the molecule is C[C@@H]1CC[C@H]2[C@H](C(=O)c3c(O)c([C@]4(O)CC[C@H](O)[C@H](O)[C@@H]4O)cn(O)c3=O)[C@H](C)C=C[C@@H]2C1. The summed E-state index contributed by atoms with van der Waals surface area (Å²) in [5.74, 6) is -1.51. The zero-order chi connectivity index (χ0) is 24.2. The maximum absolute atomic E-state index is 13.7. The van der Waals surface area contributed by atoms with Crippen molar-refractivity contribution >= 4 is 5.78 Å². The number of ketones is 1. The molecule has 1 aromatic rings. The van der Waals surface area contributed by atoms with Crippen molar-refractivity contribution in [2.45, 2.75) is 69.9 Å². The smallest absolute Gasteiger partial charge is 0.297 e. The van der Waals surface area contributed by atoms with Gasteiger partial charge in [-0.25, -0.2) is 0 Å². The molecule has 182 valence electrons. The number of aromatic nitrogens is 1. The number of carbonyl (C=O) groups excluding carboxylic acids is 1. The highest BCUT2D eigenvalue weighted by Crippen LogP contribution is 2.47. The van der Waals surface area contributed by atoms with E-state index in [-0.39, 0.29) is 35.3 Å². The third-order valence-corrected chi connectivity index (χ3v) is 8.12. The fourth-order valence-corrected chi connectivity index (χ4v) is 6.15. The van der Waals surface area contributed by atoms with Gasteiger partial charge in [0.15, 0.2) is 5.78 Å². The van der Waals surface area contributed by atoms with Crippen molar-refractivity contribution in [3.63, 3.8) is 0 Å². The fourth-order valence-electron chi connectivity index (χ4n) is 6.15. The highest BCUT2D eigenvalue weighted by atomic mass is 16.5.